The van der Waals surface area contributed by atoms with E-state index in [4.69, 9.17) is 11.5 Å². The van der Waals surface area contributed by atoms with Crippen molar-refractivity contribution in [3.8, 4) is 12.3 Å². The van der Waals surface area contributed by atoms with Gasteiger partial charge in [-0.2, -0.15) is 0 Å². The SMILES string of the molecule is C#CCN(CCC)C(=O)CC(=O)O. The fraction of sp³-hybridized carbons (Fsp3) is 0.556. The van der Waals surface area contributed by atoms with E-state index >= 15 is 0 Å². The minimum atomic E-state index is -1.12. The third-order valence-corrected chi connectivity index (χ3v) is 1.43. The summed E-state index contributed by atoms with van der Waals surface area (Å²) in [6.45, 7) is 2.59. The van der Waals surface area contributed by atoms with Crippen molar-refractivity contribution in [2.75, 3.05) is 13.1 Å². The molecule has 1 N–H and O–H groups in total. The zero-order valence-corrected chi connectivity index (χ0v) is 7.62. The second-order valence-corrected chi connectivity index (χ2v) is 2.59. The van der Waals surface area contributed by atoms with E-state index in [0.717, 1.165) is 6.42 Å². The van der Waals surface area contributed by atoms with Crippen LogP contribution in [0, 0.1) is 12.3 Å². The van der Waals surface area contributed by atoms with Crippen molar-refractivity contribution in [1.29, 1.82) is 0 Å². The zero-order chi connectivity index (χ0) is 10.3. The van der Waals surface area contributed by atoms with E-state index in [2.05, 4.69) is 5.92 Å². The van der Waals surface area contributed by atoms with Crippen LogP contribution >= 0.6 is 0 Å². The Kier molecular flexibility index (Phi) is 5.37. The van der Waals surface area contributed by atoms with Crippen molar-refractivity contribution in [2.24, 2.45) is 0 Å². The first-order valence-electron chi connectivity index (χ1n) is 4.04. The van der Waals surface area contributed by atoms with Gasteiger partial charge in [-0.15, -0.1) is 6.42 Å². The molecule has 1 amide bonds. The molecule has 0 bridgehead atoms. The first kappa shape index (κ1) is 11.5. The smallest absolute Gasteiger partial charge is 0.312 e. The number of carboxylic acids is 1. The first-order valence-corrected chi connectivity index (χ1v) is 4.04. The zero-order valence-electron chi connectivity index (χ0n) is 7.62. The largest absolute Gasteiger partial charge is 0.481 e. The van der Waals surface area contributed by atoms with Crippen LogP contribution in [0.15, 0.2) is 0 Å². The standard InChI is InChI=1S/C9H13NO3/c1-3-5-10(6-4-2)8(11)7-9(12)13/h1H,4-7H2,2H3,(H,12,13). The number of carbonyl (C=O) groups is 2. The number of nitrogens with zero attached hydrogens (tertiary/aromatic N) is 1. The molecule has 0 spiro atoms. The molecule has 0 rings (SSSR count). The lowest BCUT2D eigenvalue weighted by Gasteiger charge is -2.17. The Morgan fingerprint density at radius 3 is 2.54 bits per heavy atom. The third-order valence-electron chi connectivity index (χ3n) is 1.43. The average molecular weight is 183 g/mol. The molecule has 0 heterocycles. The number of rotatable bonds is 5. The van der Waals surface area contributed by atoms with Crippen LogP contribution in [0.1, 0.15) is 19.8 Å². The lowest BCUT2D eigenvalue weighted by atomic mass is 10.3. The molecule has 0 unspecified atom stereocenters. The number of hydrogen-bond donors (Lipinski definition) is 1. The lowest BCUT2D eigenvalue weighted by molar-refractivity contribution is -0.144. The van der Waals surface area contributed by atoms with Gasteiger partial charge >= 0.3 is 5.97 Å². The number of hydrogen-bond acceptors (Lipinski definition) is 2. The molecule has 0 aromatic carbocycles. The van der Waals surface area contributed by atoms with Gasteiger partial charge in [-0.3, -0.25) is 9.59 Å². The van der Waals surface area contributed by atoms with Crippen molar-refractivity contribution >= 4 is 11.9 Å². The Hall–Kier alpha value is -1.50. The molecule has 13 heavy (non-hydrogen) atoms. The highest BCUT2D eigenvalue weighted by Crippen LogP contribution is 1.95. The number of carbonyl (C=O) groups excluding carboxylic acids is 1. The van der Waals surface area contributed by atoms with Crippen molar-refractivity contribution < 1.29 is 14.7 Å². The highest BCUT2D eigenvalue weighted by atomic mass is 16.4. The van der Waals surface area contributed by atoms with Crippen LogP contribution in [-0.4, -0.2) is 35.0 Å². The van der Waals surface area contributed by atoms with Gasteiger partial charge < -0.3 is 10.0 Å². The average Bonchev–Trinajstić information content (AvgIpc) is 2.02. The molecule has 0 saturated carbocycles. The Morgan fingerprint density at radius 2 is 2.15 bits per heavy atom. The summed E-state index contributed by atoms with van der Waals surface area (Å²) in [5, 5.41) is 8.37. The summed E-state index contributed by atoms with van der Waals surface area (Å²) in [5.74, 6) is 0.773. The molecule has 0 atom stereocenters. The van der Waals surface area contributed by atoms with E-state index in [9.17, 15) is 9.59 Å². The lowest BCUT2D eigenvalue weighted by Crippen LogP contribution is -2.33. The highest BCUT2D eigenvalue weighted by molar-refractivity contribution is 5.93. The predicted octanol–water partition coefficient (Wildman–Crippen LogP) is 0.333. The van der Waals surface area contributed by atoms with Crippen molar-refractivity contribution in [1.82, 2.24) is 4.90 Å². The second kappa shape index (κ2) is 6.06. The molecule has 0 aliphatic rings. The van der Waals surface area contributed by atoms with Crippen molar-refractivity contribution in [2.45, 2.75) is 19.8 Å². The maximum absolute atomic E-state index is 11.2. The van der Waals surface area contributed by atoms with Crippen LogP contribution in [0.3, 0.4) is 0 Å². The maximum Gasteiger partial charge on any atom is 0.312 e. The predicted molar refractivity (Wildman–Crippen MR) is 48.0 cm³/mol. The second-order valence-electron chi connectivity index (χ2n) is 2.59. The van der Waals surface area contributed by atoms with Gasteiger partial charge in [-0.05, 0) is 6.42 Å². The summed E-state index contributed by atoms with van der Waals surface area (Å²) in [4.78, 5) is 22.8. The molecule has 0 aliphatic carbocycles. The third kappa shape index (κ3) is 4.86. The molecule has 4 nitrogen and oxygen atoms in total. The Morgan fingerprint density at radius 1 is 1.54 bits per heavy atom. The van der Waals surface area contributed by atoms with Crippen LogP contribution in [0.5, 0.6) is 0 Å². The molecule has 4 heteroatoms. The van der Waals surface area contributed by atoms with Gasteiger partial charge in [0.2, 0.25) is 5.91 Å². The van der Waals surface area contributed by atoms with Gasteiger partial charge in [0.25, 0.3) is 0 Å². The van der Waals surface area contributed by atoms with E-state index in [1.54, 1.807) is 0 Å². The van der Waals surface area contributed by atoms with Gasteiger partial charge in [-0.25, -0.2) is 0 Å². The monoisotopic (exact) mass is 183 g/mol. The van der Waals surface area contributed by atoms with E-state index < -0.39 is 18.3 Å². The minimum Gasteiger partial charge on any atom is -0.481 e. The first-order chi connectivity index (χ1) is 6.11. The van der Waals surface area contributed by atoms with Gasteiger partial charge in [-0.1, -0.05) is 12.8 Å². The van der Waals surface area contributed by atoms with Crippen molar-refractivity contribution in [3.63, 3.8) is 0 Å². The molecule has 0 aliphatic heterocycles. The number of carboxylic acid groups (broad SMARTS) is 1. The van der Waals surface area contributed by atoms with E-state index in [-0.39, 0.29) is 6.54 Å². The quantitative estimate of drug-likeness (QED) is 0.493. The Labute approximate surface area is 77.5 Å². The normalized spacial score (nSPS) is 8.92. The molecule has 72 valence electrons. The summed E-state index contributed by atoms with van der Waals surface area (Å²) in [5.41, 5.74) is 0. The number of amides is 1. The minimum absolute atomic E-state index is 0.181. The van der Waals surface area contributed by atoms with E-state index in [1.807, 2.05) is 6.92 Å². The van der Waals surface area contributed by atoms with Gasteiger partial charge in [0, 0.05) is 6.54 Å². The maximum atomic E-state index is 11.2. The summed E-state index contributed by atoms with van der Waals surface area (Å²) in [7, 11) is 0. The molecular formula is C9H13NO3. The Bertz CT molecular complexity index is 230. The fourth-order valence-electron chi connectivity index (χ4n) is 0.913. The summed E-state index contributed by atoms with van der Waals surface area (Å²) < 4.78 is 0. The molecule has 0 saturated heterocycles. The fourth-order valence-corrected chi connectivity index (χ4v) is 0.913. The summed E-state index contributed by atoms with van der Waals surface area (Å²) >= 11 is 0. The van der Waals surface area contributed by atoms with Crippen LogP contribution in [0.2, 0.25) is 0 Å². The number of aliphatic carboxylic acids is 1. The highest BCUT2D eigenvalue weighted by Gasteiger charge is 2.14. The van der Waals surface area contributed by atoms with Crippen LogP contribution in [0.25, 0.3) is 0 Å². The summed E-state index contributed by atoms with van der Waals surface area (Å²) in [6.07, 6.45) is 5.32. The van der Waals surface area contributed by atoms with Crippen LogP contribution < -0.4 is 0 Å². The van der Waals surface area contributed by atoms with Crippen molar-refractivity contribution in [3.05, 3.63) is 0 Å². The van der Waals surface area contributed by atoms with E-state index in [0.29, 0.717) is 6.54 Å². The van der Waals surface area contributed by atoms with E-state index in [1.165, 1.54) is 4.90 Å². The van der Waals surface area contributed by atoms with Gasteiger partial charge in [0.1, 0.15) is 6.42 Å². The molecule has 0 aromatic rings. The van der Waals surface area contributed by atoms with Gasteiger partial charge in [0.15, 0.2) is 0 Å². The molecule has 0 radical (unpaired) electrons. The summed E-state index contributed by atoms with van der Waals surface area (Å²) in [6, 6.07) is 0. The van der Waals surface area contributed by atoms with Crippen LogP contribution in [0.4, 0.5) is 0 Å². The molecule has 0 aromatic heterocycles. The Balaban J connectivity index is 4.12. The molecule has 0 fully saturated rings. The topological polar surface area (TPSA) is 57.6 Å². The number of terminal acetylenes is 1. The van der Waals surface area contributed by atoms with Crippen LogP contribution in [-0.2, 0) is 9.59 Å². The van der Waals surface area contributed by atoms with Gasteiger partial charge in [0.05, 0.1) is 6.54 Å². The molecular weight excluding hydrogens is 170 g/mol.